The van der Waals surface area contributed by atoms with Crippen molar-refractivity contribution in [2.75, 3.05) is 13.7 Å². The number of amides is 1. The zero-order chi connectivity index (χ0) is 24.6. The van der Waals surface area contributed by atoms with Gasteiger partial charge in [0.15, 0.2) is 18.1 Å². The summed E-state index contributed by atoms with van der Waals surface area (Å²) in [4.78, 5) is 12.1. The van der Waals surface area contributed by atoms with Crippen LogP contribution in [-0.4, -0.2) is 31.9 Å². The fraction of sp³-hybridized carbons (Fsp3) is 0.286. The minimum Gasteiger partial charge on any atom is -0.493 e. The van der Waals surface area contributed by atoms with Gasteiger partial charge in [0.1, 0.15) is 5.75 Å². The van der Waals surface area contributed by atoms with Crippen molar-refractivity contribution in [2.45, 2.75) is 39.2 Å². The van der Waals surface area contributed by atoms with E-state index in [9.17, 15) is 4.79 Å². The van der Waals surface area contributed by atoms with Gasteiger partial charge in [0.05, 0.1) is 19.4 Å². The van der Waals surface area contributed by atoms with Crippen molar-refractivity contribution in [3.8, 4) is 17.2 Å². The molecular weight excluding hydrogens is 428 g/mol. The lowest BCUT2D eigenvalue weighted by Gasteiger charge is -2.26. The third kappa shape index (κ3) is 6.61. The molecule has 6 nitrogen and oxygen atoms in total. The van der Waals surface area contributed by atoms with Gasteiger partial charge in [-0.25, -0.2) is 5.43 Å². The summed E-state index contributed by atoms with van der Waals surface area (Å²) in [6, 6.07) is 23.6. The van der Waals surface area contributed by atoms with Gasteiger partial charge in [0.2, 0.25) is 0 Å². The Balaban J connectivity index is 1.52. The Labute approximate surface area is 201 Å². The van der Waals surface area contributed by atoms with Crippen LogP contribution in [0.25, 0.3) is 0 Å². The second-order valence-electron chi connectivity index (χ2n) is 8.67. The van der Waals surface area contributed by atoms with Gasteiger partial charge in [-0.2, -0.15) is 5.10 Å². The smallest absolute Gasteiger partial charge is 0.277 e. The fourth-order valence-electron chi connectivity index (χ4n) is 3.47. The van der Waals surface area contributed by atoms with Crippen LogP contribution in [0.15, 0.2) is 77.9 Å². The van der Waals surface area contributed by atoms with Crippen molar-refractivity contribution in [1.29, 1.82) is 0 Å². The molecule has 0 aliphatic carbocycles. The monoisotopic (exact) mass is 460 g/mol. The van der Waals surface area contributed by atoms with Crippen LogP contribution in [0, 0.1) is 0 Å². The molecule has 0 fully saturated rings. The lowest BCUT2D eigenvalue weighted by molar-refractivity contribution is -0.123. The van der Waals surface area contributed by atoms with E-state index in [0.29, 0.717) is 17.2 Å². The van der Waals surface area contributed by atoms with Crippen molar-refractivity contribution in [2.24, 2.45) is 5.10 Å². The minimum atomic E-state index is -0.350. The van der Waals surface area contributed by atoms with Gasteiger partial charge in [0, 0.05) is 5.41 Å². The molecule has 1 N–H and O–H groups in total. The maximum absolute atomic E-state index is 12.1. The maximum Gasteiger partial charge on any atom is 0.277 e. The highest BCUT2D eigenvalue weighted by atomic mass is 16.5. The number of ether oxygens (including phenoxy) is 3. The highest BCUT2D eigenvalue weighted by Gasteiger charge is 2.22. The van der Waals surface area contributed by atoms with E-state index < -0.39 is 0 Å². The molecule has 0 aliphatic heterocycles. The van der Waals surface area contributed by atoms with Crippen molar-refractivity contribution in [3.63, 3.8) is 0 Å². The highest BCUT2D eigenvalue weighted by molar-refractivity contribution is 5.83. The Hall–Kier alpha value is -3.80. The van der Waals surface area contributed by atoms with E-state index in [1.165, 1.54) is 11.1 Å². The molecule has 0 aliphatic rings. The summed E-state index contributed by atoms with van der Waals surface area (Å²) in [5.74, 6) is 1.53. The summed E-state index contributed by atoms with van der Waals surface area (Å²) < 4.78 is 16.7. The molecule has 6 heteroatoms. The summed E-state index contributed by atoms with van der Waals surface area (Å²) in [6.07, 6.45) is 1.58. The summed E-state index contributed by atoms with van der Waals surface area (Å²) in [7, 11) is 1.58. The second-order valence-corrected chi connectivity index (χ2v) is 8.67. The van der Waals surface area contributed by atoms with E-state index in [1.54, 1.807) is 19.4 Å². The van der Waals surface area contributed by atoms with Crippen LogP contribution in [0.1, 0.15) is 44.4 Å². The molecule has 3 aromatic rings. The molecule has 0 radical (unpaired) electrons. The summed E-state index contributed by atoms with van der Waals surface area (Å²) >= 11 is 0. The van der Waals surface area contributed by atoms with Crippen molar-refractivity contribution in [3.05, 3.63) is 89.5 Å². The van der Waals surface area contributed by atoms with Gasteiger partial charge < -0.3 is 14.2 Å². The van der Waals surface area contributed by atoms with Crippen LogP contribution in [-0.2, 0) is 10.2 Å². The second kappa shape index (κ2) is 11.4. The van der Waals surface area contributed by atoms with Crippen LogP contribution in [0.2, 0.25) is 0 Å². The zero-order valence-electron chi connectivity index (χ0n) is 20.4. The first-order chi connectivity index (χ1) is 16.3. The van der Waals surface area contributed by atoms with Gasteiger partial charge in [0.25, 0.3) is 5.91 Å². The first-order valence-corrected chi connectivity index (χ1v) is 11.2. The molecule has 0 saturated carbocycles. The van der Waals surface area contributed by atoms with Crippen molar-refractivity contribution >= 4 is 12.1 Å². The van der Waals surface area contributed by atoms with Gasteiger partial charge in [-0.3, -0.25) is 4.79 Å². The number of nitrogens with zero attached hydrogens (tertiary/aromatic N) is 1. The van der Waals surface area contributed by atoms with E-state index >= 15 is 0 Å². The standard InChI is InChI=1S/C28H32N2O4/c1-20(2)34-25-16-11-21(17-26(25)32-5)18-29-30-27(31)19-33-24-14-12-23(13-15-24)28(3,4)22-9-7-6-8-10-22/h6-18,20H,19H2,1-5H3,(H,30,31)/b29-18+. The van der Waals surface area contributed by atoms with Crippen LogP contribution < -0.4 is 19.6 Å². The Morgan fingerprint density at radius 2 is 1.65 bits per heavy atom. The quantitative estimate of drug-likeness (QED) is 0.328. The Morgan fingerprint density at radius 1 is 0.971 bits per heavy atom. The lowest BCUT2D eigenvalue weighted by atomic mass is 9.78. The number of benzene rings is 3. The van der Waals surface area contributed by atoms with E-state index in [0.717, 1.165) is 5.56 Å². The molecule has 3 rings (SSSR count). The number of hydrogen-bond donors (Lipinski definition) is 1. The minimum absolute atomic E-state index is 0.0410. The van der Waals surface area contributed by atoms with Crippen molar-refractivity contribution in [1.82, 2.24) is 5.43 Å². The molecule has 34 heavy (non-hydrogen) atoms. The predicted octanol–water partition coefficient (Wildman–Crippen LogP) is 5.34. The van der Waals surface area contributed by atoms with Crippen molar-refractivity contribution < 1.29 is 19.0 Å². The molecule has 1 amide bonds. The number of hydrazone groups is 1. The maximum atomic E-state index is 12.1. The molecule has 0 heterocycles. The number of hydrogen-bond acceptors (Lipinski definition) is 5. The normalized spacial score (nSPS) is 11.5. The number of carbonyl (C=O) groups excluding carboxylic acids is 1. The highest BCUT2D eigenvalue weighted by Crippen LogP contribution is 2.32. The molecule has 0 spiro atoms. The lowest BCUT2D eigenvalue weighted by Crippen LogP contribution is -2.24. The third-order valence-electron chi connectivity index (χ3n) is 5.39. The van der Waals surface area contributed by atoms with Crippen LogP contribution in [0.5, 0.6) is 17.2 Å². The fourth-order valence-corrected chi connectivity index (χ4v) is 3.47. The third-order valence-corrected chi connectivity index (χ3v) is 5.39. The van der Waals surface area contributed by atoms with Crippen LogP contribution in [0.4, 0.5) is 0 Å². The average molecular weight is 461 g/mol. The summed E-state index contributed by atoms with van der Waals surface area (Å²) in [6.45, 7) is 8.13. The van der Waals surface area contributed by atoms with E-state index in [4.69, 9.17) is 14.2 Å². The van der Waals surface area contributed by atoms with Crippen LogP contribution in [0.3, 0.4) is 0 Å². The molecule has 0 aromatic heterocycles. The Kier molecular flexibility index (Phi) is 8.30. The van der Waals surface area contributed by atoms with E-state index in [1.807, 2.05) is 68.4 Å². The number of methoxy groups -OCH3 is 1. The molecule has 0 unspecified atom stereocenters. The molecule has 0 atom stereocenters. The molecular formula is C28H32N2O4. The van der Waals surface area contributed by atoms with E-state index in [-0.39, 0.29) is 24.0 Å². The number of nitrogens with one attached hydrogen (secondary N) is 1. The number of rotatable bonds is 10. The Morgan fingerprint density at radius 3 is 2.29 bits per heavy atom. The van der Waals surface area contributed by atoms with Crippen LogP contribution >= 0.6 is 0 Å². The first-order valence-electron chi connectivity index (χ1n) is 11.2. The summed E-state index contributed by atoms with van der Waals surface area (Å²) in [5, 5.41) is 4.00. The first kappa shape index (κ1) is 24.8. The van der Waals surface area contributed by atoms with Gasteiger partial charge in [-0.05, 0) is 60.9 Å². The summed E-state index contributed by atoms with van der Waals surface area (Å²) in [5.41, 5.74) is 5.52. The molecule has 178 valence electrons. The van der Waals surface area contributed by atoms with Gasteiger partial charge >= 0.3 is 0 Å². The average Bonchev–Trinajstić information content (AvgIpc) is 2.84. The van der Waals surface area contributed by atoms with Gasteiger partial charge in [-0.1, -0.05) is 56.3 Å². The zero-order valence-corrected chi connectivity index (χ0v) is 20.4. The SMILES string of the molecule is COc1cc(/C=N/NC(=O)COc2ccc(C(C)(C)c3ccccc3)cc2)ccc1OC(C)C. The predicted molar refractivity (Wildman–Crippen MR) is 135 cm³/mol. The topological polar surface area (TPSA) is 69.2 Å². The van der Waals surface area contributed by atoms with Gasteiger partial charge in [-0.15, -0.1) is 0 Å². The molecule has 0 bridgehead atoms. The van der Waals surface area contributed by atoms with E-state index in [2.05, 4.69) is 36.5 Å². The molecule has 0 saturated heterocycles. The number of carbonyl (C=O) groups is 1. The molecule has 3 aromatic carbocycles. The Bertz CT molecular complexity index is 1110. The largest absolute Gasteiger partial charge is 0.493 e.